The van der Waals surface area contributed by atoms with E-state index in [1.807, 2.05) is 24.1 Å². The van der Waals surface area contributed by atoms with Gasteiger partial charge in [0.05, 0.1) is 5.02 Å². The predicted molar refractivity (Wildman–Crippen MR) is 87.5 cm³/mol. The van der Waals surface area contributed by atoms with Gasteiger partial charge < -0.3 is 15.0 Å². The van der Waals surface area contributed by atoms with Crippen LogP contribution in [-0.4, -0.2) is 43.1 Å². The van der Waals surface area contributed by atoms with E-state index in [0.717, 1.165) is 25.9 Å². The van der Waals surface area contributed by atoms with Crippen molar-refractivity contribution in [2.24, 2.45) is 0 Å². The van der Waals surface area contributed by atoms with Crippen LogP contribution >= 0.6 is 24.0 Å². The molecule has 1 aliphatic rings. The summed E-state index contributed by atoms with van der Waals surface area (Å²) in [5.41, 5.74) is 0. The maximum absolute atomic E-state index is 12.4. The Labute approximate surface area is 137 Å². The van der Waals surface area contributed by atoms with E-state index in [2.05, 4.69) is 5.32 Å². The maximum atomic E-state index is 12.4. The first-order valence-corrected chi connectivity index (χ1v) is 7.36. The molecule has 21 heavy (non-hydrogen) atoms. The summed E-state index contributed by atoms with van der Waals surface area (Å²) in [5.74, 6) is 0.547. The third kappa shape index (κ3) is 4.77. The van der Waals surface area contributed by atoms with Crippen molar-refractivity contribution in [3.8, 4) is 5.75 Å². The number of amides is 1. The van der Waals surface area contributed by atoms with Crippen LogP contribution in [0, 0.1) is 0 Å². The minimum Gasteiger partial charge on any atom is -0.479 e. The van der Waals surface area contributed by atoms with Crippen molar-refractivity contribution in [2.75, 3.05) is 20.1 Å². The SMILES string of the molecule is CC(Oc1ccccc1Cl)C(=O)N(C)C1CCNCC1.Cl. The van der Waals surface area contributed by atoms with Gasteiger partial charge in [0.15, 0.2) is 6.10 Å². The second-order valence-electron chi connectivity index (χ2n) is 5.12. The lowest BCUT2D eigenvalue weighted by Crippen LogP contribution is -2.48. The molecule has 2 rings (SSSR count). The van der Waals surface area contributed by atoms with E-state index in [1.165, 1.54) is 0 Å². The van der Waals surface area contributed by atoms with E-state index in [-0.39, 0.29) is 18.3 Å². The molecule has 1 aliphatic heterocycles. The highest BCUT2D eigenvalue weighted by atomic mass is 35.5. The van der Waals surface area contributed by atoms with Crippen LogP contribution in [0.3, 0.4) is 0 Å². The lowest BCUT2D eigenvalue weighted by atomic mass is 10.0. The lowest BCUT2D eigenvalue weighted by molar-refractivity contribution is -0.139. The van der Waals surface area contributed by atoms with Crippen molar-refractivity contribution >= 4 is 29.9 Å². The van der Waals surface area contributed by atoms with Crippen LogP contribution in [0.25, 0.3) is 0 Å². The molecule has 0 saturated carbocycles. The average molecular weight is 333 g/mol. The molecular weight excluding hydrogens is 311 g/mol. The van der Waals surface area contributed by atoms with Crippen molar-refractivity contribution in [3.63, 3.8) is 0 Å². The van der Waals surface area contributed by atoms with Gasteiger partial charge in [-0.1, -0.05) is 23.7 Å². The standard InChI is InChI=1S/C15H21ClN2O2.ClH/c1-11(20-14-6-4-3-5-13(14)16)15(19)18(2)12-7-9-17-10-8-12;/h3-6,11-12,17H,7-10H2,1-2H3;1H. The monoisotopic (exact) mass is 332 g/mol. The minimum absolute atomic E-state index is 0. The molecule has 1 N–H and O–H groups in total. The maximum Gasteiger partial charge on any atom is 0.263 e. The second kappa shape index (κ2) is 8.47. The quantitative estimate of drug-likeness (QED) is 0.921. The van der Waals surface area contributed by atoms with Gasteiger partial charge in [-0.25, -0.2) is 0 Å². The van der Waals surface area contributed by atoms with E-state index in [1.54, 1.807) is 19.1 Å². The summed E-state index contributed by atoms with van der Waals surface area (Å²) in [6, 6.07) is 7.50. The van der Waals surface area contributed by atoms with Gasteiger partial charge in [-0.15, -0.1) is 12.4 Å². The average Bonchev–Trinajstić information content (AvgIpc) is 2.49. The van der Waals surface area contributed by atoms with Crippen LogP contribution in [0.1, 0.15) is 19.8 Å². The molecule has 0 aromatic heterocycles. The fourth-order valence-corrected chi connectivity index (χ4v) is 2.62. The molecule has 0 bridgehead atoms. The smallest absolute Gasteiger partial charge is 0.263 e. The molecule has 1 heterocycles. The number of nitrogens with one attached hydrogen (secondary N) is 1. The number of benzene rings is 1. The Morgan fingerprint density at radius 2 is 2.00 bits per heavy atom. The number of ether oxygens (including phenoxy) is 1. The highest BCUT2D eigenvalue weighted by Gasteiger charge is 2.26. The molecule has 1 unspecified atom stereocenters. The Morgan fingerprint density at radius 1 is 1.38 bits per heavy atom. The largest absolute Gasteiger partial charge is 0.479 e. The fourth-order valence-electron chi connectivity index (χ4n) is 2.44. The number of hydrogen-bond acceptors (Lipinski definition) is 3. The predicted octanol–water partition coefficient (Wildman–Crippen LogP) is 2.74. The van der Waals surface area contributed by atoms with E-state index >= 15 is 0 Å². The Kier molecular flexibility index (Phi) is 7.29. The van der Waals surface area contributed by atoms with Gasteiger partial charge in [0, 0.05) is 13.1 Å². The Bertz CT molecular complexity index is 465. The second-order valence-corrected chi connectivity index (χ2v) is 5.53. The van der Waals surface area contributed by atoms with Gasteiger partial charge >= 0.3 is 0 Å². The van der Waals surface area contributed by atoms with E-state index in [0.29, 0.717) is 16.8 Å². The first-order valence-electron chi connectivity index (χ1n) is 6.98. The number of rotatable bonds is 4. The van der Waals surface area contributed by atoms with Gasteiger partial charge in [-0.3, -0.25) is 4.79 Å². The zero-order valence-electron chi connectivity index (χ0n) is 12.3. The summed E-state index contributed by atoms with van der Waals surface area (Å²) in [6.45, 7) is 3.69. The number of carbonyl (C=O) groups is 1. The van der Waals surface area contributed by atoms with Crippen molar-refractivity contribution in [3.05, 3.63) is 29.3 Å². The molecule has 0 spiro atoms. The first-order chi connectivity index (χ1) is 9.59. The third-order valence-electron chi connectivity index (χ3n) is 3.69. The zero-order chi connectivity index (χ0) is 14.5. The minimum atomic E-state index is -0.533. The topological polar surface area (TPSA) is 41.6 Å². The molecule has 0 radical (unpaired) electrons. The molecule has 1 saturated heterocycles. The molecule has 6 heteroatoms. The highest BCUT2D eigenvalue weighted by molar-refractivity contribution is 6.32. The van der Waals surface area contributed by atoms with Gasteiger partial charge in [0.1, 0.15) is 5.75 Å². The van der Waals surface area contributed by atoms with Gasteiger partial charge in [0.2, 0.25) is 0 Å². The Morgan fingerprint density at radius 3 is 2.62 bits per heavy atom. The summed E-state index contributed by atoms with van der Waals surface area (Å²) in [7, 11) is 1.85. The van der Waals surface area contributed by atoms with Crippen molar-refractivity contribution in [1.82, 2.24) is 10.2 Å². The molecule has 0 aliphatic carbocycles. The van der Waals surface area contributed by atoms with Crippen molar-refractivity contribution < 1.29 is 9.53 Å². The Hall–Kier alpha value is -0.970. The number of likely N-dealkylation sites (N-methyl/N-ethyl adjacent to an activating group) is 1. The summed E-state index contributed by atoms with van der Waals surface area (Å²) < 4.78 is 5.68. The van der Waals surface area contributed by atoms with Crippen LogP contribution in [0.15, 0.2) is 24.3 Å². The number of carbonyl (C=O) groups excluding carboxylic acids is 1. The molecule has 1 aromatic carbocycles. The summed E-state index contributed by atoms with van der Waals surface area (Å²) >= 11 is 6.04. The lowest BCUT2D eigenvalue weighted by Gasteiger charge is -2.33. The van der Waals surface area contributed by atoms with Crippen molar-refractivity contribution in [2.45, 2.75) is 31.9 Å². The van der Waals surface area contributed by atoms with Crippen LogP contribution in [-0.2, 0) is 4.79 Å². The molecule has 118 valence electrons. The number of halogens is 2. The summed E-state index contributed by atoms with van der Waals surface area (Å²) in [4.78, 5) is 14.2. The highest BCUT2D eigenvalue weighted by Crippen LogP contribution is 2.24. The first kappa shape index (κ1) is 18.1. The number of para-hydroxylation sites is 1. The Balaban J connectivity index is 0.00000220. The van der Waals surface area contributed by atoms with Crippen LogP contribution in [0.2, 0.25) is 5.02 Å². The van der Waals surface area contributed by atoms with Gasteiger partial charge in [-0.2, -0.15) is 0 Å². The number of hydrogen-bond donors (Lipinski definition) is 1. The van der Waals surface area contributed by atoms with Gasteiger partial charge in [-0.05, 0) is 45.0 Å². The van der Waals surface area contributed by atoms with Gasteiger partial charge in [0.25, 0.3) is 5.91 Å². The third-order valence-corrected chi connectivity index (χ3v) is 4.00. The van der Waals surface area contributed by atoms with Crippen LogP contribution in [0.4, 0.5) is 0 Å². The summed E-state index contributed by atoms with van der Waals surface area (Å²) in [6.07, 6.45) is 1.44. The van der Waals surface area contributed by atoms with E-state index in [4.69, 9.17) is 16.3 Å². The number of piperidine rings is 1. The molecule has 1 fully saturated rings. The normalized spacial score (nSPS) is 16.7. The van der Waals surface area contributed by atoms with Crippen LogP contribution in [0.5, 0.6) is 5.75 Å². The molecule has 4 nitrogen and oxygen atoms in total. The molecule has 1 amide bonds. The van der Waals surface area contributed by atoms with Crippen molar-refractivity contribution in [1.29, 1.82) is 0 Å². The molecular formula is C15H22Cl2N2O2. The molecule has 1 atom stereocenters. The summed E-state index contributed by atoms with van der Waals surface area (Å²) in [5, 5.41) is 3.82. The fraction of sp³-hybridized carbons (Fsp3) is 0.533. The van der Waals surface area contributed by atoms with Crippen LogP contribution < -0.4 is 10.1 Å². The number of nitrogens with zero attached hydrogens (tertiary/aromatic N) is 1. The van der Waals surface area contributed by atoms with E-state index in [9.17, 15) is 4.79 Å². The van der Waals surface area contributed by atoms with E-state index < -0.39 is 6.10 Å². The molecule has 1 aromatic rings. The zero-order valence-corrected chi connectivity index (χ0v) is 13.9.